The maximum atomic E-state index is 12.4. The van der Waals surface area contributed by atoms with Crippen LogP contribution in [0.5, 0.6) is 5.75 Å². The zero-order valence-electron chi connectivity index (χ0n) is 6.81. The summed E-state index contributed by atoms with van der Waals surface area (Å²) in [5.41, 5.74) is 0. The molecule has 0 aromatic heterocycles. The van der Waals surface area contributed by atoms with Gasteiger partial charge in [0.1, 0.15) is 0 Å². The summed E-state index contributed by atoms with van der Waals surface area (Å²) >= 11 is 0. The number of hydrogen-bond acceptors (Lipinski definition) is 1. The van der Waals surface area contributed by atoms with E-state index in [0.717, 1.165) is 0 Å². The number of rotatable bonds is 2. The molecule has 1 aromatic carbocycles. The minimum atomic E-state index is -0.314. The fraction of sp³-hybridized carbons (Fsp3) is 0.250. The SMILES string of the molecule is CCOc1c[c-]cc(F)c1.[Br-].[Mg+2]. The van der Waals surface area contributed by atoms with Gasteiger partial charge in [0.2, 0.25) is 0 Å². The number of benzene rings is 1. The molecule has 0 aliphatic carbocycles. The van der Waals surface area contributed by atoms with E-state index < -0.39 is 0 Å². The third kappa shape index (κ3) is 4.95. The largest absolute Gasteiger partial charge is 2.00 e. The molecule has 12 heavy (non-hydrogen) atoms. The monoisotopic (exact) mass is 242 g/mol. The number of ether oxygens (including phenoxy) is 1. The van der Waals surface area contributed by atoms with Crippen molar-refractivity contribution >= 4 is 23.1 Å². The summed E-state index contributed by atoms with van der Waals surface area (Å²) < 4.78 is 17.4. The first-order chi connectivity index (χ1) is 4.83. The van der Waals surface area contributed by atoms with Gasteiger partial charge < -0.3 is 21.7 Å². The van der Waals surface area contributed by atoms with Crippen molar-refractivity contribution in [2.45, 2.75) is 6.92 Å². The average molecular weight is 243 g/mol. The van der Waals surface area contributed by atoms with Crippen LogP contribution in [-0.4, -0.2) is 29.7 Å². The van der Waals surface area contributed by atoms with E-state index in [2.05, 4.69) is 6.07 Å². The van der Waals surface area contributed by atoms with E-state index in [-0.39, 0.29) is 45.9 Å². The second-order valence-corrected chi connectivity index (χ2v) is 1.82. The maximum Gasteiger partial charge on any atom is 2.00 e. The Bertz CT molecular complexity index is 220. The molecule has 0 aliphatic heterocycles. The first-order valence-corrected chi connectivity index (χ1v) is 3.12. The van der Waals surface area contributed by atoms with Crippen LogP contribution in [0.2, 0.25) is 0 Å². The molecule has 0 saturated heterocycles. The van der Waals surface area contributed by atoms with Gasteiger partial charge in [-0.05, 0) is 6.92 Å². The third-order valence-corrected chi connectivity index (χ3v) is 1.04. The van der Waals surface area contributed by atoms with Gasteiger partial charge in [0.25, 0.3) is 0 Å². The van der Waals surface area contributed by atoms with E-state index in [0.29, 0.717) is 12.4 Å². The normalized spacial score (nSPS) is 7.83. The molecule has 0 aliphatic rings. The van der Waals surface area contributed by atoms with Crippen molar-refractivity contribution in [3.8, 4) is 5.75 Å². The molecule has 0 heterocycles. The number of halogens is 2. The fourth-order valence-electron chi connectivity index (χ4n) is 0.673. The van der Waals surface area contributed by atoms with Gasteiger partial charge in [-0.3, -0.25) is 4.39 Å². The topological polar surface area (TPSA) is 9.23 Å². The molecule has 0 bridgehead atoms. The van der Waals surface area contributed by atoms with Gasteiger partial charge >= 0.3 is 23.1 Å². The van der Waals surface area contributed by atoms with Gasteiger partial charge in [-0.15, -0.1) is 12.1 Å². The van der Waals surface area contributed by atoms with Crippen LogP contribution in [0.3, 0.4) is 0 Å². The van der Waals surface area contributed by atoms with Crippen LogP contribution in [0.1, 0.15) is 6.92 Å². The Morgan fingerprint density at radius 2 is 2.17 bits per heavy atom. The van der Waals surface area contributed by atoms with Crippen molar-refractivity contribution in [3.05, 3.63) is 30.1 Å². The molecule has 0 unspecified atom stereocenters. The summed E-state index contributed by atoms with van der Waals surface area (Å²) in [6.45, 7) is 2.40. The second kappa shape index (κ2) is 7.83. The molecule has 1 nitrogen and oxygen atoms in total. The summed E-state index contributed by atoms with van der Waals surface area (Å²) in [5, 5.41) is 0. The molecule has 62 valence electrons. The van der Waals surface area contributed by atoms with E-state index in [1.54, 1.807) is 6.07 Å². The van der Waals surface area contributed by atoms with Gasteiger partial charge in [0, 0.05) is 11.6 Å². The first-order valence-electron chi connectivity index (χ1n) is 3.12. The Hall–Kier alpha value is 0.196. The quantitative estimate of drug-likeness (QED) is 0.461. The Labute approximate surface area is 98.2 Å². The van der Waals surface area contributed by atoms with Crippen LogP contribution >= 0.6 is 0 Å². The maximum absolute atomic E-state index is 12.4. The Morgan fingerprint density at radius 1 is 1.50 bits per heavy atom. The molecule has 0 radical (unpaired) electrons. The van der Waals surface area contributed by atoms with Gasteiger partial charge in [0.15, 0.2) is 0 Å². The van der Waals surface area contributed by atoms with Crippen LogP contribution in [-0.2, 0) is 0 Å². The summed E-state index contributed by atoms with van der Waals surface area (Å²) in [5.74, 6) is 0.216. The third-order valence-electron chi connectivity index (χ3n) is 1.04. The van der Waals surface area contributed by atoms with Crippen molar-refractivity contribution in [1.29, 1.82) is 0 Å². The van der Waals surface area contributed by atoms with E-state index in [9.17, 15) is 4.39 Å². The molecule has 0 spiro atoms. The predicted octanol–water partition coefficient (Wildman–Crippen LogP) is -1.35. The Morgan fingerprint density at radius 3 is 2.67 bits per heavy atom. The molecule has 0 fully saturated rings. The number of hydrogen-bond donors (Lipinski definition) is 0. The second-order valence-electron chi connectivity index (χ2n) is 1.82. The van der Waals surface area contributed by atoms with Crippen LogP contribution in [0, 0.1) is 11.9 Å². The summed E-state index contributed by atoms with van der Waals surface area (Å²) in [6.07, 6.45) is 0. The standard InChI is InChI=1S/C8H8FO.BrH.Mg/c1-2-10-8-5-3-4-7(9)6-8;;/h4-6H,2H2,1H3;1H;/q-1;;+2/p-1. The molecular weight excluding hydrogens is 235 g/mol. The fourth-order valence-corrected chi connectivity index (χ4v) is 0.673. The van der Waals surface area contributed by atoms with Gasteiger partial charge in [0.05, 0.1) is 6.61 Å². The molecule has 0 atom stereocenters. The zero-order valence-corrected chi connectivity index (χ0v) is 9.81. The van der Waals surface area contributed by atoms with Crippen LogP contribution in [0.25, 0.3) is 0 Å². The van der Waals surface area contributed by atoms with Crippen LogP contribution in [0.15, 0.2) is 18.2 Å². The molecule has 0 N–H and O–H groups in total. The minimum absolute atomic E-state index is 0. The van der Waals surface area contributed by atoms with Crippen molar-refractivity contribution in [1.82, 2.24) is 0 Å². The Balaban J connectivity index is 0. The van der Waals surface area contributed by atoms with Crippen molar-refractivity contribution in [2.24, 2.45) is 0 Å². The van der Waals surface area contributed by atoms with Gasteiger partial charge in [-0.1, -0.05) is 6.07 Å². The van der Waals surface area contributed by atoms with Gasteiger partial charge in [-0.25, -0.2) is 0 Å². The van der Waals surface area contributed by atoms with Crippen molar-refractivity contribution in [3.63, 3.8) is 0 Å². The van der Waals surface area contributed by atoms with E-state index in [1.807, 2.05) is 6.92 Å². The molecule has 0 amide bonds. The van der Waals surface area contributed by atoms with Gasteiger partial charge in [-0.2, -0.15) is 6.07 Å². The molecule has 1 rings (SSSR count). The van der Waals surface area contributed by atoms with E-state index in [4.69, 9.17) is 4.74 Å². The van der Waals surface area contributed by atoms with E-state index >= 15 is 0 Å². The van der Waals surface area contributed by atoms with Crippen molar-refractivity contribution in [2.75, 3.05) is 6.61 Å². The first kappa shape index (κ1) is 14.7. The smallest absolute Gasteiger partial charge is 1.00 e. The average Bonchev–Trinajstić information content (AvgIpc) is 1.88. The predicted molar refractivity (Wildman–Crippen MR) is 42.2 cm³/mol. The summed E-state index contributed by atoms with van der Waals surface area (Å²) in [6, 6.07) is 6.82. The Kier molecular flexibility index (Phi) is 9.59. The van der Waals surface area contributed by atoms with Crippen LogP contribution < -0.4 is 21.7 Å². The molecule has 1 aromatic rings. The van der Waals surface area contributed by atoms with E-state index in [1.165, 1.54) is 12.1 Å². The molecule has 4 heteroatoms. The minimum Gasteiger partial charge on any atom is -1.00 e. The van der Waals surface area contributed by atoms with Crippen LogP contribution in [0.4, 0.5) is 4.39 Å². The summed E-state index contributed by atoms with van der Waals surface area (Å²) in [4.78, 5) is 0. The summed E-state index contributed by atoms with van der Waals surface area (Å²) in [7, 11) is 0. The zero-order chi connectivity index (χ0) is 7.40. The van der Waals surface area contributed by atoms with Crippen molar-refractivity contribution < 1.29 is 26.1 Å². The molecule has 0 saturated carbocycles. The molecular formula is C8H8BrFMgO.